The lowest BCUT2D eigenvalue weighted by atomic mass is 9.99. The Morgan fingerprint density at radius 2 is 2.04 bits per heavy atom. The highest BCUT2D eigenvalue weighted by Crippen LogP contribution is 2.30. The normalized spacial score (nSPS) is 20.0. The molecule has 0 saturated carbocycles. The molecule has 2 heterocycles. The topological polar surface area (TPSA) is 67.2 Å². The van der Waals surface area contributed by atoms with Gasteiger partial charge in [0, 0.05) is 36.9 Å². The third-order valence-corrected chi connectivity index (χ3v) is 6.29. The Kier molecular flexibility index (Phi) is 5.89. The Labute approximate surface area is 164 Å². The van der Waals surface area contributed by atoms with Crippen molar-refractivity contribution in [2.75, 3.05) is 23.4 Å². The van der Waals surface area contributed by atoms with Gasteiger partial charge in [0.1, 0.15) is 5.54 Å². The van der Waals surface area contributed by atoms with Crippen LogP contribution in [0.15, 0.2) is 36.9 Å². The van der Waals surface area contributed by atoms with Crippen molar-refractivity contribution < 1.29 is 9.59 Å². The van der Waals surface area contributed by atoms with Crippen LogP contribution < -0.4 is 5.32 Å². The molecule has 0 aliphatic carbocycles. The van der Waals surface area contributed by atoms with Crippen LogP contribution in [0.2, 0.25) is 0 Å². The van der Waals surface area contributed by atoms with Gasteiger partial charge >= 0.3 is 0 Å². The number of amides is 2. The fourth-order valence-corrected chi connectivity index (χ4v) is 4.53. The van der Waals surface area contributed by atoms with Gasteiger partial charge < -0.3 is 14.8 Å². The number of nitrogens with zero attached hydrogens (tertiary/aromatic N) is 3. The predicted octanol–water partition coefficient (Wildman–Crippen LogP) is 2.86. The van der Waals surface area contributed by atoms with E-state index in [1.807, 2.05) is 49.7 Å². The fraction of sp³-hybridized carbons (Fsp3) is 0.450. The first-order chi connectivity index (χ1) is 12.9. The Balaban J connectivity index is 1.74. The molecule has 0 bridgehead atoms. The second kappa shape index (κ2) is 8.17. The summed E-state index contributed by atoms with van der Waals surface area (Å²) in [4.78, 5) is 31.6. The number of carbonyl (C=O) groups is 2. The van der Waals surface area contributed by atoms with Crippen LogP contribution >= 0.6 is 11.8 Å². The van der Waals surface area contributed by atoms with E-state index in [1.54, 1.807) is 17.4 Å². The average Bonchev–Trinajstić information content (AvgIpc) is 3.14. The van der Waals surface area contributed by atoms with Crippen LogP contribution in [0.25, 0.3) is 0 Å². The lowest BCUT2D eigenvalue weighted by Gasteiger charge is -2.43. The summed E-state index contributed by atoms with van der Waals surface area (Å²) >= 11 is 1.52. The van der Waals surface area contributed by atoms with Crippen molar-refractivity contribution in [3.05, 3.63) is 48.0 Å². The van der Waals surface area contributed by atoms with Crippen molar-refractivity contribution in [3.63, 3.8) is 0 Å². The summed E-state index contributed by atoms with van der Waals surface area (Å²) in [6.45, 7) is 7.15. The molecule has 1 saturated heterocycles. The third-order valence-electron chi connectivity index (χ3n) is 5.07. The number of thioether (sulfide) groups is 1. The fourth-order valence-electron chi connectivity index (χ4n) is 3.42. The molecule has 1 fully saturated rings. The van der Waals surface area contributed by atoms with Gasteiger partial charge in [-0.15, -0.1) is 11.8 Å². The molecule has 27 heavy (non-hydrogen) atoms. The van der Waals surface area contributed by atoms with E-state index < -0.39 is 5.54 Å². The Hall–Kier alpha value is -2.28. The van der Waals surface area contributed by atoms with Gasteiger partial charge in [0.05, 0.1) is 12.1 Å². The number of nitrogens with one attached hydrogen (secondary N) is 1. The lowest BCUT2D eigenvalue weighted by molar-refractivity contribution is -0.142. The van der Waals surface area contributed by atoms with Crippen molar-refractivity contribution >= 4 is 29.3 Å². The van der Waals surface area contributed by atoms with Crippen LogP contribution in [-0.2, 0) is 16.1 Å². The number of hydrogen-bond donors (Lipinski definition) is 1. The highest BCUT2D eigenvalue weighted by molar-refractivity contribution is 8.00. The Morgan fingerprint density at radius 3 is 2.70 bits per heavy atom. The van der Waals surface area contributed by atoms with Crippen molar-refractivity contribution in [2.45, 2.75) is 39.3 Å². The highest BCUT2D eigenvalue weighted by Gasteiger charge is 2.44. The van der Waals surface area contributed by atoms with Gasteiger partial charge in [-0.1, -0.05) is 18.2 Å². The van der Waals surface area contributed by atoms with Gasteiger partial charge in [0.15, 0.2) is 0 Å². The quantitative estimate of drug-likeness (QED) is 0.829. The molecule has 1 aliphatic heterocycles. The second-order valence-corrected chi connectivity index (χ2v) is 8.17. The maximum Gasteiger partial charge on any atom is 0.250 e. The van der Waals surface area contributed by atoms with E-state index in [2.05, 4.69) is 10.3 Å². The predicted molar refractivity (Wildman–Crippen MR) is 109 cm³/mol. The zero-order chi connectivity index (χ0) is 19.4. The summed E-state index contributed by atoms with van der Waals surface area (Å²) in [6.07, 6.45) is 6.19. The molecule has 1 aromatic heterocycles. The number of hydrogen-bond acceptors (Lipinski definition) is 4. The minimum absolute atomic E-state index is 0.0241. The monoisotopic (exact) mass is 386 g/mol. The molecule has 1 N–H and O–H groups in total. The molecular weight excluding hydrogens is 360 g/mol. The molecule has 2 amide bonds. The first-order valence-electron chi connectivity index (χ1n) is 9.13. The van der Waals surface area contributed by atoms with E-state index in [4.69, 9.17) is 0 Å². The van der Waals surface area contributed by atoms with Crippen molar-refractivity contribution in [3.8, 4) is 0 Å². The van der Waals surface area contributed by atoms with Crippen LogP contribution in [0, 0.1) is 13.8 Å². The SMILES string of the molecule is Cc1cccc(C)c1NC(=O)C1(C)CSCC(=O)N1CCCn1ccnc1. The number of aryl methyl sites for hydroxylation is 3. The van der Waals surface area contributed by atoms with E-state index in [0.717, 1.165) is 29.8 Å². The number of anilines is 1. The zero-order valence-electron chi connectivity index (χ0n) is 16.1. The molecule has 2 aromatic rings. The van der Waals surface area contributed by atoms with Crippen molar-refractivity contribution in [1.82, 2.24) is 14.5 Å². The largest absolute Gasteiger partial charge is 0.337 e. The van der Waals surface area contributed by atoms with Crippen LogP contribution in [0.1, 0.15) is 24.5 Å². The summed E-state index contributed by atoms with van der Waals surface area (Å²) in [6, 6.07) is 5.94. The van der Waals surface area contributed by atoms with Crippen LogP contribution in [0.5, 0.6) is 0 Å². The van der Waals surface area contributed by atoms with Crippen LogP contribution in [-0.4, -0.2) is 49.9 Å². The maximum absolute atomic E-state index is 13.2. The highest BCUT2D eigenvalue weighted by atomic mass is 32.2. The number of rotatable bonds is 6. The first-order valence-corrected chi connectivity index (χ1v) is 10.3. The molecule has 0 radical (unpaired) electrons. The van der Waals surface area contributed by atoms with E-state index in [-0.39, 0.29) is 11.8 Å². The number of para-hydroxylation sites is 1. The zero-order valence-corrected chi connectivity index (χ0v) is 16.9. The number of carbonyl (C=O) groups excluding carboxylic acids is 2. The van der Waals surface area contributed by atoms with E-state index in [0.29, 0.717) is 18.1 Å². The molecule has 1 aromatic carbocycles. The average molecular weight is 387 g/mol. The lowest BCUT2D eigenvalue weighted by Crippen LogP contribution is -2.62. The molecular formula is C20H26N4O2S. The van der Waals surface area contributed by atoms with Gasteiger partial charge in [-0.05, 0) is 38.3 Å². The smallest absolute Gasteiger partial charge is 0.250 e. The molecule has 1 unspecified atom stereocenters. The number of aromatic nitrogens is 2. The van der Waals surface area contributed by atoms with E-state index in [9.17, 15) is 9.59 Å². The van der Waals surface area contributed by atoms with Crippen LogP contribution in [0.4, 0.5) is 5.69 Å². The molecule has 0 spiro atoms. The van der Waals surface area contributed by atoms with E-state index in [1.165, 1.54) is 11.8 Å². The van der Waals surface area contributed by atoms with Gasteiger partial charge in [0.2, 0.25) is 5.91 Å². The number of imidazole rings is 1. The van der Waals surface area contributed by atoms with Gasteiger partial charge in [-0.3, -0.25) is 9.59 Å². The summed E-state index contributed by atoms with van der Waals surface area (Å²) in [5.41, 5.74) is 2.02. The summed E-state index contributed by atoms with van der Waals surface area (Å²) < 4.78 is 1.98. The second-order valence-electron chi connectivity index (χ2n) is 7.19. The Morgan fingerprint density at radius 1 is 1.30 bits per heavy atom. The third kappa shape index (κ3) is 4.18. The van der Waals surface area contributed by atoms with Gasteiger partial charge in [-0.2, -0.15) is 0 Å². The minimum Gasteiger partial charge on any atom is -0.337 e. The van der Waals surface area contributed by atoms with Crippen molar-refractivity contribution in [1.29, 1.82) is 0 Å². The molecule has 7 heteroatoms. The number of benzene rings is 1. The molecule has 1 atom stereocenters. The van der Waals surface area contributed by atoms with Crippen LogP contribution in [0.3, 0.4) is 0 Å². The molecule has 6 nitrogen and oxygen atoms in total. The molecule has 1 aliphatic rings. The summed E-state index contributed by atoms with van der Waals surface area (Å²) in [5, 5.41) is 3.08. The minimum atomic E-state index is -0.857. The molecule has 144 valence electrons. The van der Waals surface area contributed by atoms with Gasteiger partial charge in [0.25, 0.3) is 5.91 Å². The van der Waals surface area contributed by atoms with E-state index >= 15 is 0 Å². The van der Waals surface area contributed by atoms with Crippen molar-refractivity contribution in [2.24, 2.45) is 0 Å². The molecule has 3 rings (SSSR count). The maximum atomic E-state index is 13.2. The van der Waals surface area contributed by atoms with Gasteiger partial charge in [-0.25, -0.2) is 4.98 Å². The standard InChI is InChI=1S/C20H26N4O2S/c1-15-6-4-7-16(2)18(15)22-19(26)20(3)13-27-12-17(25)24(20)10-5-9-23-11-8-21-14-23/h4,6-8,11,14H,5,9-10,12-13H2,1-3H3,(H,22,26). The first kappa shape index (κ1) is 19.5. The Bertz CT molecular complexity index is 801. The summed E-state index contributed by atoms with van der Waals surface area (Å²) in [5.74, 6) is 0.928. The summed E-state index contributed by atoms with van der Waals surface area (Å²) in [7, 11) is 0.